The lowest BCUT2D eigenvalue weighted by molar-refractivity contribution is -0.143. The Kier molecular flexibility index (Phi) is 2.99. The fourth-order valence-electron chi connectivity index (χ4n) is 2.37. The third-order valence-corrected chi connectivity index (χ3v) is 4.58. The number of carboxylic acid groups (broad SMARTS) is 1. The third-order valence-electron chi connectivity index (χ3n) is 3.47. The number of benzene rings is 1. The lowest BCUT2D eigenvalue weighted by Crippen LogP contribution is -2.45. The molecule has 0 spiro atoms. The van der Waals surface area contributed by atoms with Gasteiger partial charge in [0.1, 0.15) is 11.1 Å². The van der Waals surface area contributed by atoms with Gasteiger partial charge in [-0.25, -0.2) is 4.98 Å². The van der Waals surface area contributed by atoms with E-state index in [2.05, 4.69) is 4.98 Å². The average Bonchev–Trinajstić information content (AvgIpc) is 2.93. The van der Waals surface area contributed by atoms with Gasteiger partial charge < -0.3 is 15.3 Å². The fourth-order valence-corrected chi connectivity index (χ4v) is 3.56. The number of hydrogen-bond acceptors (Lipinski definition) is 5. The molecule has 2 unspecified atom stereocenters. The number of aromatic nitrogens is 1. The van der Waals surface area contributed by atoms with Crippen LogP contribution in [0.3, 0.4) is 0 Å². The van der Waals surface area contributed by atoms with Crippen LogP contribution in [0, 0.1) is 0 Å². The van der Waals surface area contributed by atoms with Crippen LogP contribution in [0.5, 0.6) is 0 Å². The summed E-state index contributed by atoms with van der Waals surface area (Å²) in [4.78, 5) is 15.5. The van der Waals surface area contributed by atoms with Crippen LogP contribution in [-0.4, -0.2) is 26.8 Å². The maximum absolute atomic E-state index is 11.1. The van der Waals surface area contributed by atoms with Crippen molar-refractivity contribution in [3.05, 3.63) is 24.3 Å². The Morgan fingerprint density at radius 1 is 1.53 bits per heavy atom. The van der Waals surface area contributed by atoms with Gasteiger partial charge in [0, 0.05) is 5.25 Å². The summed E-state index contributed by atoms with van der Waals surface area (Å²) in [6.07, 6.45) is 1.72. The van der Waals surface area contributed by atoms with E-state index in [4.69, 9.17) is 15.3 Å². The SMILES string of the molecule is NC1(C(=O)O)CCC(Sc2nc3ccccc3o2)C1. The molecule has 1 aromatic carbocycles. The summed E-state index contributed by atoms with van der Waals surface area (Å²) < 4.78 is 5.62. The summed E-state index contributed by atoms with van der Waals surface area (Å²) in [6.45, 7) is 0. The van der Waals surface area contributed by atoms with Gasteiger partial charge >= 0.3 is 5.97 Å². The van der Waals surface area contributed by atoms with E-state index in [1.165, 1.54) is 11.8 Å². The fraction of sp³-hybridized carbons (Fsp3) is 0.385. The van der Waals surface area contributed by atoms with Crippen LogP contribution >= 0.6 is 11.8 Å². The molecule has 2 atom stereocenters. The van der Waals surface area contributed by atoms with Gasteiger partial charge in [-0.3, -0.25) is 4.79 Å². The Labute approximate surface area is 114 Å². The normalized spacial score (nSPS) is 26.9. The highest BCUT2D eigenvalue weighted by Crippen LogP contribution is 2.39. The van der Waals surface area contributed by atoms with E-state index in [-0.39, 0.29) is 5.25 Å². The molecule has 0 bridgehead atoms. The second-order valence-electron chi connectivity index (χ2n) is 4.89. The number of nitrogens with two attached hydrogens (primary N) is 1. The third kappa shape index (κ3) is 2.33. The lowest BCUT2D eigenvalue weighted by Gasteiger charge is -2.17. The Hall–Kier alpha value is -1.53. The second-order valence-corrected chi connectivity index (χ2v) is 6.14. The van der Waals surface area contributed by atoms with Crippen molar-refractivity contribution in [2.24, 2.45) is 5.73 Å². The molecule has 19 heavy (non-hydrogen) atoms. The van der Waals surface area contributed by atoms with Gasteiger partial charge in [0.15, 0.2) is 5.58 Å². The number of hydrogen-bond donors (Lipinski definition) is 2. The number of para-hydroxylation sites is 2. The molecule has 100 valence electrons. The van der Waals surface area contributed by atoms with Gasteiger partial charge in [-0.05, 0) is 31.4 Å². The zero-order chi connectivity index (χ0) is 13.5. The minimum Gasteiger partial charge on any atom is -0.480 e. The summed E-state index contributed by atoms with van der Waals surface area (Å²) >= 11 is 1.48. The first-order chi connectivity index (χ1) is 9.07. The van der Waals surface area contributed by atoms with Crippen LogP contribution in [0.4, 0.5) is 0 Å². The van der Waals surface area contributed by atoms with Gasteiger partial charge in [0.25, 0.3) is 5.22 Å². The number of rotatable bonds is 3. The molecule has 0 saturated heterocycles. The molecule has 5 nitrogen and oxygen atoms in total. The lowest BCUT2D eigenvalue weighted by atomic mass is 10.0. The van der Waals surface area contributed by atoms with Crippen molar-refractivity contribution in [2.45, 2.75) is 35.3 Å². The minimum absolute atomic E-state index is 0.147. The number of nitrogens with zero attached hydrogens (tertiary/aromatic N) is 1. The Balaban J connectivity index is 1.74. The molecule has 1 saturated carbocycles. The topological polar surface area (TPSA) is 89.4 Å². The highest BCUT2D eigenvalue weighted by Gasteiger charge is 2.42. The Morgan fingerprint density at radius 2 is 2.32 bits per heavy atom. The average molecular weight is 278 g/mol. The Bertz CT molecular complexity index is 594. The number of carboxylic acids is 1. The van der Waals surface area contributed by atoms with Crippen LogP contribution < -0.4 is 5.73 Å². The second kappa shape index (κ2) is 4.54. The van der Waals surface area contributed by atoms with E-state index in [0.29, 0.717) is 18.1 Å². The molecule has 3 N–H and O–H groups in total. The minimum atomic E-state index is -1.09. The molecule has 0 radical (unpaired) electrons. The predicted octanol–water partition coefficient (Wildman–Crippen LogP) is 2.25. The molecular weight excluding hydrogens is 264 g/mol. The highest BCUT2D eigenvalue weighted by molar-refractivity contribution is 7.99. The number of oxazole rings is 1. The molecule has 1 aliphatic carbocycles. The number of carbonyl (C=O) groups is 1. The summed E-state index contributed by atoms with van der Waals surface area (Å²) in [7, 11) is 0. The van der Waals surface area contributed by atoms with Crippen molar-refractivity contribution in [3.8, 4) is 0 Å². The Morgan fingerprint density at radius 3 is 3.00 bits per heavy atom. The first-order valence-corrected chi connectivity index (χ1v) is 6.99. The van der Waals surface area contributed by atoms with E-state index in [9.17, 15) is 4.79 Å². The quantitative estimate of drug-likeness (QED) is 0.895. The summed E-state index contributed by atoms with van der Waals surface area (Å²) in [5, 5.41) is 9.83. The van der Waals surface area contributed by atoms with Crippen molar-refractivity contribution in [1.29, 1.82) is 0 Å². The number of aliphatic carboxylic acids is 1. The maximum atomic E-state index is 11.1. The van der Waals surface area contributed by atoms with Gasteiger partial charge in [-0.1, -0.05) is 23.9 Å². The zero-order valence-electron chi connectivity index (χ0n) is 10.2. The van der Waals surface area contributed by atoms with Crippen LogP contribution in [0.2, 0.25) is 0 Å². The molecule has 6 heteroatoms. The van der Waals surface area contributed by atoms with Crippen LogP contribution in [0.25, 0.3) is 11.1 Å². The van der Waals surface area contributed by atoms with Crippen LogP contribution in [0.15, 0.2) is 33.9 Å². The first kappa shape index (κ1) is 12.5. The van der Waals surface area contributed by atoms with Crippen molar-refractivity contribution in [2.75, 3.05) is 0 Å². The van der Waals surface area contributed by atoms with Gasteiger partial charge in [-0.2, -0.15) is 0 Å². The largest absolute Gasteiger partial charge is 0.480 e. The maximum Gasteiger partial charge on any atom is 0.323 e. The molecular formula is C13H14N2O3S. The number of fused-ring (bicyclic) bond motifs is 1. The van der Waals surface area contributed by atoms with E-state index in [1.807, 2.05) is 24.3 Å². The van der Waals surface area contributed by atoms with Crippen LogP contribution in [-0.2, 0) is 4.79 Å². The molecule has 1 aromatic heterocycles. The first-order valence-electron chi connectivity index (χ1n) is 6.11. The standard InChI is InChI=1S/C13H14N2O3S/c14-13(11(16)17)6-5-8(7-13)19-12-15-9-3-1-2-4-10(9)18-12/h1-4,8H,5-7,14H2,(H,16,17). The van der Waals surface area contributed by atoms with E-state index >= 15 is 0 Å². The van der Waals surface area contributed by atoms with E-state index < -0.39 is 11.5 Å². The van der Waals surface area contributed by atoms with Gasteiger partial charge in [0.2, 0.25) is 0 Å². The zero-order valence-corrected chi connectivity index (χ0v) is 11.0. The van der Waals surface area contributed by atoms with Crippen molar-refractivity contribution < 1.29 is 14.3 Å². The predicted molar refractivity (Wildman–Crippen MR) is 72.1 cm³/mol. The van der Waals surface area contributed by atoms with Crippen molar-refractivity contribution in [3.63, 3.8) is 0 Å². The number of thioether (sulfide) groups is 1. The van der Waals surface area contributed by atoms with Crippen LogP contribution in [0.1, 0.15) is 19.3 Å². The molecule has 3 rings (SSSR count). The van der Waals surface area contributed by atoms with Gasteiger partial charge in [-0.15, -0.1) is 0 Å². The monoisotopic (exact) mass is 278 g/mol. The summed E-state index contributed by atoms with van der Waals surface area (Å²) in [5.41, 5.74) is 6.33. The van der Waals surface area contributed by atoms with E-state index in [1.54, 1.807) is 0 Å². The molecule has 0 amide bonds. The molecule has 1 aliphatic rings. The summed E-state index contributed by atoms with van der Waals surface area (Å²) in [6, 6.07) is 7.56. The summed E-state index contributed by atoms with van der Waals surface area (Å²) in [5.74, 6) is -0.923. The van der Waals surface area contributed by atoms with Gasteiger partial charge in [0.05, 0.1) is 0 Å². The van der Waals surface area contributed by atoms with Crippen molar-refractivity contribution in [1.82, 2.24) is 4.98 Å². The molecule has 1 fully saturated rings. The van der Waals surface area contributed by atoms with E-state index in [0.717, 1.165) is 17.5 Å². The molecule has 2 aromatic rings. The molecule has 0 aliphatic heterocycles. The smallest absolute Gasteiger partial charge is 0.323 e. The molecule has 1 heterocycles. The van der Waals surface area contributed by atoms with Crippen molar-refractivity contribution >= 4 is 28.8 Å². The highest BCUT2D eigenvalue weighted by atomic mass is 32.2.